The maximum atomic E-state index is 10.4. The van der Waals surface area contributed by atoms with E-state index in [1.165, 1.54) is 10.4 Å². The highest BCUT2D eigenvalue weighted by Gasteiger charge is 2.24. The molecule has 0 saturated heterocycles. The first-order valence-corrected chi connectivity index (χ1v) is 6.29. The summed E-state index contributed by atoms with van der Waals surface area (Å²) in [6.07, 6.45) is 1.45. The van der Waals surface area contributed by atoms with Crippen molar-refractivity contribution < 1.29 is 5.11 Å². The van der Waals surface area contributed by atoms with Crippen molar-refractivity contribution in [2.45, 2.75) is 25.9 Å². The Balaban J connectivity index is 2.16. The summed E-state index contributed by atoms with van der Waals surface area (Å²) < 4.78 is 0. The molecule has 3 heteroatoms. The third kappa shape index (κ3) is 1.47. The number of aliphatic hydroxyl groups excluding tert-OH is 1. The summed E-state index contributed by atoms with van der Waals surface area (Å²) >= 11 is 1.71. The molecule has 1 aromatic heterocycles. The molecule has 1 aromatic carbocycles. The molecule has 2 nitrogen and oxygen atoms in total. The van der Waals surface area contributed by atoms with Gasteiger partial charge in [-0.1, -0.05) is 24.3 Å². The van der Waals surface area contributed by atoms with Crippen molar-refractivity contribution in [3.8, 4) is 0 Å². The van der Waals surface area contributed by atoms with Crippen molar-refractivity contribution in [2.75, 3.05) is 0 Å². The van der Waals surface area contributed by atoms with Crippen LogP contribution in [0.15, 0.2) is 24.3 Å². The van der Waals surface area contributed by atoms with Crippen LogP contribution in [0.25, 0.3) is 0 Å². The standard InChI is InChI=1S/C13H13NOS/c1-8-14-12-11(16-8)7-6-9-4-2-3-5-10(9)13(12)15/h2-5,13,15H,6-7H2,1H3/t13-/m1/s1. The van der Waals surface area contributed by atoms with E-state index in [1.54, 1.807) is 11.3 Å². The van der Waals surface area contributed by atoms with Gasteiger partial charge in [-0.3, -0.25) is 0 Å². The predicted molar refractivity (Wildman–Crippen MR) is 64.8 cm³/mol. The zero-order valence-corrected chi connectivity index (χ0v) is 9.92. The lowest BCUT2D eigenvalue weighted by atomic mass is 10.0. The van der Waals surface area contributed by atoms with E-state index in [0.717, 1.165) is 29.1 Å². The normalized spacial score (nSPS) is 18.8. The Morgan fingerprint density at radius 2 is 2.12 bits per heavy atom. The molecule has 1 heterocycles. The predicted octanol–water partition coefficient (Wildman–Crippen LogP) is 2.63. The van der Waals surface area contributed by atoms with Crippen LogP contribution in [0.5, 0.6) is 0 Å². The van der Waals surface area contributed by atoms with Crippen LogP contribution in [-0.2, 0) is 12.8 Å². The summed E-state index contributed by atoms with van der Waals surface area (Å²) in [4.78, 5) is 5.70. The minimum atomic E-state index is -0.543. The van der Waals surface area contributed by atoms with Crippen LogP contribution in [0, 0.1) is 6.92 Å². The maximum Gasteiger partial charge on any atom is 0.122 e. The lowest BCUT2D eigenvalue weighted by Gasteiger charge is -2.10. The van der Waals surface area contributed by atoms with E-state index in [4.69, 9.17) is 0 Å². The summed E-state index contributed by atoms with van der Waals surface area (Å²) in [6.45, 7) is 2.00. The Morgan fingerprint density at radius 1 is 1.31 bits per heavy atom. The van der Waals surface area contributed by atoms with Crippen molar-refractivity contribution in [1.82, 2.24) is 4.98 Å². The van der Waals surface area contributed by atoms with Gasteiger partial charge >= 0.3 is 0 Å². The van der Waals surface area contributed by atoms with Gasteiger partial charge in [-0.15, -0.1) is 11.3 Å². The fraction of sp³-hybridized carbons (Fsp3) is 0.308. The van der Waals surface area contributed by atoms with E-state index >= 15 is 0 Å². The lowest BCUT2D eigenvalue weighted by molar-refractivity contribution is 0.215. The molecular weight excluding hydrogens is 218 g/mol. The molecule has 82 valence electrons. The van der Waals surface area contributed by atoms with Gasteiger partial charge in [0.25, 0.3) is 0 Å². The molecule has 0 unspecified atom stereocenters. The number of thiazole rings is 1. The molecule has 2 aromatic rings. The molecule has 1 aliphatic carbocycles. The first kappa shape index (κ1) is 10.00. The quantitative estimate of drug-likeness (QED) is 0.756. The number of rotatable bonds is 0. The molecule has 0 spiro atoms. The van der Waals surface area contributed by atoms with Crippen molar-refractivity contribution in [3.05, 3.63) is 51.0 Å². The fourth-order valence-electron chi connectivity index (χ4n) is 2.30. The molecule has 3 rings (SSSR count). The van der Waals surface area contributed by atoms with Gasteiger partial charge in [0, 0.05) is 4.88 Å². The largest absolute Gasteiger partial charge is 0.382 e. The third-order valence-corrected chi connectivity index (χ3v) is 4.11. The number of fused-ring (bicyclic) bond motifs is 2. The topological polar surface area (TPSA) is 33.1 Å². The summed E-state index contributed by atoms with van der Waals surface area (Å²) in [7, 11) is 0. The van der Waals surface area contributed by atoms with Gasteiger partial charge in [0.05, 0.1) is 10.7 Å². The molecule has 0 radical (unpaired) electrons. The Kier molecular flexibility index (Phi) is 2.30. The smallest absolute Gasteiger partial charge is 0.122 e. The zero-order chi connectivity index (χ0) is 11.1. The van der Waals surface area contributed by atoms with Gasteiger partial charge in [0.15, 0.2) is 0 Å². The number of aromatic nitrogens is 1. The Bertz CT molecular complexity index is 532. The number of hydrogen-bond acceptors (Lipinski definition) is 3. The monoisotopic (exact) mass is 231 g/mol. The number of aryl methyl sites for hydroxylation is 3. The minimum absolute atomic E-state index is 0.543. The first-order valence-electron chi connectivity index (χ1n) is 5.48. The molecule has 1 aliphatic rings. The van der Waals surface area contributed by atoms with E-state index in [1.807, 2.05) is 25.1 Å². The van der Waals surface area contributed by atoms with Crippen LogP contribution in [-0.4, -0.2) is 10.1 Å². The summed E-state index contributed by atoms with van der Waals surface area (Å²) in [6, 6.07) is 8.11. The van der Waals surface area contributed by atoms with E-state index in [2.05, 4.69) is 11.1 Å². The highest BCUT2D eigenvalue weighted by molar-refractivity contribution is 7.11. The van der Waals surface area contributed by atoms with Crippen molar-refractivity contribution in [3.63, 3.8) is 0 Å². The first-order chi connectivity index (χ1) is 7.75. The average molecular weight is 231 g/mol. The molecule has 0 aliphatic heterocycles. The summed E-state index contributed by atoms with van der Waals surface area (Å²) in [5.41, 5.74) is 3.14. The van der Waals surface area contributed by atoms with Crippen LogP contribution >= 0.6 is 11.3 Å². The van der Waals surface area contributed by atoms with Crippen molar-refractivity contribution >= 4 is 11.3 Å². The lowest BCUT2D eigenvalue weighted by Crippen LogP contribution is -2.02. The number of hydrogen-bond donors (Lipinski definition) is 1. The molecule has 1 N–H and O–H groups in total. The Morgan fingerprint density at radius 3 is 3.00 bits per heavy atom. The molecule has 0 fully saturated rings. The van der Waals surface area contributed by atoms with Gasteiger partial charge < -0.3 is 5.11 Å². The maximum absolute atomic E-state index is 10.4. The molecule has 0 amide bonds. The van der Waals surface area contributed by atoms with E-state index in [0.29, 0.717) is 0 Å². The fourth-order valence-corrected chi connectivity index (χ4v) is 3.27. The van der Waals surface area contributed by atoms with Crippen molar-refractivity contribution in [1.29, 1.82) is 0 Å². The number of aliphatic hydroxyl groups is 1. The minimum Gasteiger partial charge on any atom is -0.382 e. The SMILES string of the molecule is Cc1nc2c(s1)CCc1ccccc1[C@H]2O. The highest BCUT2D eigenvalue weighted by Crippen LogP contribution is 2.34. The van der Waals surface area contributed by atoms with Gasteiger partial charge in [-0.2, -0.15) is 0 Å². The van der Waals surface area contributed by atoms with Gasteiger partial charge in [-0.05, 0) is 30.9 Å². The van der Waals surface area contributed by atoms with E-state index < -0.39 is 6.10 Å². The number of benzene rings is 1. The van der Waals surface area contributed by atoms with Crippen molar-refractivity contribution in [2.24, 2.45) is 0 Å². The Labute approximate surface area is 98.6 Å². The molecular formula is C13H13NOS. The summed E-state index contributed by atoms with van der Waals surface area (Å²) in [5, 5.41) is 11.4. The van der Waals surface area contributed by atoms with E-state index in [-0.39, 0.29) is 0 Å². The third-order valence-electron chi connectivity index (χ3n) is 3.06. The van der Waals surface area contributed by atoms with Gasteiger partial charge in [-0.25, -0.2) is 4.98 Å². The molecule has 0 saturated carbocycles. The van der Waals surface area contributed by atoms with Crippen LogP contribution in [0.1, 0.15) is 32.8 Å². The summed E-state index contributed by atoms with van der Waals surface area (Å²) in [5.74, 6) is 0. The number of nitrogens with zero attached hydrogens (tertiary/aromatic N) is 1. The van der Waals surface area contributed by atoms with Gasteiger partial charge in [0.2, 0.25) is 0 Å². The van der Waals surface area contributed by atoms with Crippen LogP contribution in [0.4, 0.5) is 0 Å². The molecule has 1 atom stereocenters. The van der Waals surface area contributed by atoms with Crippen LogP contribution in [0.3, 0.4) is 0 Å². The highest BCUT2D eigenvalue weighted by atomic mass is 32.1. The van der Waals surface area contributed by atoms with Crippen LogP contribution < -0.4 is 0 Å². The molecule has 16 heavy (non-hydrogen) atoms. The van der Waals surface area contributed by atoms with Gasteiger partial charge in [0.1, 0.15) is 6.10 Å². The Hall–Kier alpha value is -1.19. The second-order valence-electron chi connectivity index (χ2n) is 4.14. The zero-order valence-electron chi connectivity index (χ0n) is 9.10. The van der Waals surface area contributed by atoms with E-state index in [9.17, 15) is 5.11 Å². The van der Waals surface area contributed by atoms with Crippen LogP contribution in [0.2, 0.25) is 0 Å². The molecule has 0 bridgehead atoms. The average Bonchev–Trinajstić information content (AvgIpc) is 2.62. The second-order valence-corrected chi connectivity index (χ2v) is 5.43. The second kappa shape index (κ2) is 3.68.